The molecule has 5 rings (SSSR count). The summed E-state index contributed by atoms with van der Waals surface area (Å²) in [5, 5.41) is 11.2. The lowest BCUT2D eigenvalue weighted by molar-refractivity contribution is -0.139. The minimum atomic E-state index is -0.850. The summed E-state index contributed by atoms with van der Waals surface area (Å²) in [5.41, 5.74) is 0.811. The van der Waals surface area contributed by atoms with E-state index in [2.05, 4.69) is 4.98 Å². The number of aliphatic hydroxyl groups is 1. The van der Waals surface area contributed by atoms with Crippen molar-refractivity contribution in [2.45, 2.75) is 19.0 Å². The highest BCUT2D eigenvalue weighted by atomic mass is 19.1. The van der Waals surface area contributed by atoms with Gasteiger partial charge in [-0.3, -0.25) is 9.59 Å². The third-order valence-electron chi connectivity index (χ3n) is 5.92. The van der Waals surface area contributed by atoms with Crippen molar-refractivity contribution in [1.82, 2.24) is 14.5 Å². The van der Waals surface area contributed by atoms with E-state index < -0.39 is 23.5 Å². The summed E-state index contributed by atoms with van der Waals surface area (Å²) < 4.78 is 26.6. The molecule has 0 radical (unpaired) electrons. The van der Waals surface area contributed by atoms with Gasteiger partial charge in [0.15, 0.2) is 11.5 Å². The molecule has 34 heavy (non-hydrogen) atoms. The highest BCUT2D eigenvalue weighted by Crippen LogP contribution is 2.41. The second kappa shape index (κ2) is 9.01. The van der Waals surface area contributed by atoms with Crippen molar-refractivity contribution in [2.24, 2.45) is 0 Å². The van der Waals surface area contributed by atoms with Crippen LogP contribution in [-0.4, -0.2) is 51.0 Å². The molecular weight excluding hydrogens is 441 g/mol. The predicted octanol–water partition coefficient (Wildman–Crippen LogP) is 3.31. The summed E-state index contributed by atoms with van der Waals surface area (Å²) in [4.78, 5) is 31.6. The SMILES string of the molecule is O=C1C(=O)N(CCCn2ccnc2)C(c2ccc(F)cc2)/C1=C(/O)c1ccc2c(c1)OCCO2. The summed E-state index contributed by atoms with van der Waals surface area (Å²) >= 11 is 0. The molecule has 1 unspecified atom stereocenters. The number of hydrogen-bond donors (Lipinski definition) is 1. The molecule has 0 spiro atoms. The van der Waals surface area contributed by atoms with Crippen LogP contribution in [0.3, 0.4) is 0 Å². The van der Waals surface area contributed by atoms with E-state index in [1.54, 1.807) is 30.7 Å². The zero-order valence-electron chi connectivity index (χ0n) is 18.2. The van der Waals surface area contributed by atoms with Gasteiger partial charge in [0.2, 0.25) is 0 Å². The number of likely N-dealkylation sites (tertiary alicyclic amines) is 1. The number of ketones is 1. The molecule has 3 aromatic rings. The highest BCUT2D eigenvalue weighted by Gasteiger charge is 2.45. The molecule has 1 N–H and O–H groups in total. The molecule has 8 nitrogen and oxygen atoms in total. The Kier molecular flexibility index (Phi) is 5.75. The standard InChI is InChI=1S/C25H22FN3O5/c26-18-5-2-16(3-6-18)22-21(23(30)17-4-7-19-20(14-17)34-13-12-33-19)24(31)25(32)29(22)10-1-9-28-11-8-27-15-28/h2-8,11,14-15,22,30H,1,9-10,12-13H2/b23-21-. The van der Waals surface area contributed by atoms with Crippen LogP contribution in [0, 0.1) is 5.82 Å². The minimum Gasteiger partial charge on any atom is -0.507 e. The molecule has 1 atom stereocenters. The fourth-order valence-electron chi connectivity index (χ4n) is 4.29. The van der Waals surface area contributed by atoms with Gasteiger partial charge in [0.05, 0.1) is 17.9 Å². The lowest BCUT2D eigenvalue weighted by atomic mass is 9.95. The van der Waals surface area contributed by atoms with Gasteiger partial charge < -0.3 is 24.0 Å². The first-order valence-electron chi connectivity index (χ1n) is 10.9. The largest absolute Gasteiger partial charge is 0.507 e. The smallest absolute Gasteiger partial charge is 0.295 e. The van der Waals surface area contributed by atoms with Gasteiger partial charge in [0.1, 0.15) is 24.8 Å². The van der Waals surface area contributed by atoms with Crippen LogP contribution < -0.4 is 9.47 Å². The van der Waals surface area contributed by atoms with E-state index in [0.717, 1.165) is 0 Å². The summed E-state index contributed by atoms with van der Waals surface area (Å²) in [6.45, 7) is 1.66. The molecule has 174 valence electrons. The third-order valence-corrected chi connectivity index (χ3v) is 5.92. The average molecular weight is 463 g/mol. The number of fused-ring (bicyclic) bond motifs is 1. The Labute approximate surface area is 194 Å². The maximum absolute atomic E-state index is 13.6. The molecule has 0 saturated carbocycles. The van der Waals surface area contributed by atoms with Crippen molar-refractivity contribution in [3.05, 3.63) is 83.7 Å². The van der Waals surface area contributed by atoms with Gasteiger partial charge in [-0.25, -0.2) is 9.37 Å². The molecule has 2 aliphatic heterocycles. The number of carbonyl (C=O) groups excluding carboxylic acids is 2. The first kappa shape index (κ1) is 21.7. The molecule has 3 heterocycles. The van der Waals surface area contributed by atoms with Crippen molar-refractivity contribution in [3.63, 3.8) is 0 Å². The number of benzene rings is 2. The lowest BCUT2D eigenvalue weighted by Gasteiger charge is -2.25. The van der Waals surface area contributed by atoms with Crippen LogP contribution >= 0.6 is 0 Å². The maximum atomic E-state index is 13.6. The lowest BCUT2D eigenvalue weighted by Crippen LogP contribution is -2.31. The Morgan fingerprint density at radius 1 is 1.06 bits per heavy atom. The Morgan fingerprint density at radius 2 is 1.82 bits per heavy atom. The third kappa shape index (κ3) is 4.00. The number of amides is 1. The molecule has 2 aliphatic rings. The van der Waals surface area contributed by atoms with Crippen molar-refractivity contribution < 1.29 is 28.6 Å². The molecule has 2 aromatic carbocycles. The molecule has 1 amide bonds. The van der Waals surface area contributed by atoms with Gasteiger partial charge >= 0.3 is 0 Å². The number of halogens is 1. The maximum Gasteiger partial charge on any atom is 0.295 e. The average Bonchev–Trinajstić information content (AvgIpc) is 3.46. The van der Waals surface area contributed by atoms with Gasteiger partial charge in [-0.15, -0.1) is 0 Å². The number of imidazole rings is 1. The highest BCUT2D eigenvalue weighted by molar-refractivity contribution is 6.46. The fraction of sp³-hybridized carbons (Fsp3) is 0.240. The molecular formula is C25H22FN3O5. The van der Waals surface area contributed by atoms with Crippen molar-refractivity contribution >= 4 is 17.4 Å². The second-order valence-electron chi connectivity index (χ2n) is 8.06. The molecule has 0 aliphatic carbocycles. The molecule has 9 heteroatoms. The summed E-state index contributed by atoms with van der Waals surface area (Å²) in [7, 11) is 0. The van der Waals surface area contributed by atoms with Crippen LogP contribution in [0.4, 0.5) is 4.39 Å². The number of hydrogen-bond acceptors (Lipinski definition) is 6. The van der Waals surface area contributed by atoms with E-state index in [-0.39, 0.29) is 17.9 Å². The van der Waals surface area contributed by atoms with Crippen molar-refractivity contribution in [1.29, 1.82) is 0 Å². The Balaban J connectivity index is 1.53. The predicted molar refractivity (Wildman–Crippen MR) is 120 cm³/mol. The van der Waals surface area contributed by atoms with Crippen LogP contribution in [0.25, 0.3) is 5.76 Å². The number of carbonyl (C=O) groups is 2. The summed E-state index contributed by atoms with van der Waals surface area (Å²) in [5.74, 6) is -1.26. The van der Waals surface area contributed by atoms with Crippen LogP contribution in [0.5, 0.6) is 11.5 Å². The number of Topliss-reactive ketones (excluding diaryl/α,β-unsaturated/α-hetero) is 1. The van der Waals surface area contributed by atoms with Crippen LogP contribution in [0.2, 0.25) is 0 Å². The van der Waals surface area contributed by atoms with Crippen molar-refractivity contribution in [2.75, 3.05) is 19.8 Å². The molecule has 1 fully saturated rings. The van der Waals surface area contributed by atoms with E-state index in [9.17, 15) is 19.1 Å². The quantitative estimate of drug-likeness (QED) is 0.343. The van der Waals surface area contributed by atoms with E-state index in [0.29, 0.717) is 48.8 Å². The van der Waals surface area contributed by atoms with Gasteiger partial charge in [0, 0.05) is 31.0 Å². The first-order valence-corrected chi connectivity index (χ1v) is 10.9. The monoisotopic (exact) mass is 463 g/mol. The number of aromatic nitrogens is 2. The van der Waals surface area contributed by atoms with Gasteiger partial charge in [0.25, 0.3) is 11.7 Å². The Bertz CT molecular complexity index is 1250. The molecule has 1 aromatic heterocycles. The fourth-order valence-corrected chi connectivity index (χ4v) is 4.29. The molecule has 1 saturated heterocycles. The van der Waals surface area contributed by atoms with Gasteiger partial charge in [-0.1, -0.05) is 12.1 Å². The van der Waals surface area contributed by atoms with Crippen LogP contribution in [-0.2, 0) is 16.1 Å². The van der Waals surface area contributed by atoms with E-state index >= 15 is 0 Å². The van der Waals surface area contributed by atoms with Crippen molar-refractivity contribution in [3.8, 4) is 11.5 Å². The zero-order chi connectivity index (χ0) is 23.7. The van der Waals surface area contributed by atoms with E-state index in [4.69, 9.17) is 9.47 Å². The Morgan fingerprint density at radius 3 is 2.56 bits per heavy atom. The summed E-state index contributed by atoms with van der Waals surface area (Å²) in [6, 6.07) is 9.57. The normalized spacial score (nSPS) is 19.0. The number of ether oxygens (including phenoxy) is 2. The van der Waals surface area contributed by atoms with Gasteiger partial charge in [-0.2, -0.15) is 0 Å². The van der Waals surface area contributed by atoms with E-state index in [1.807, 2.05) is 10.8 Å². The first-order chi connectivity index (χ1) is 16.5. The van der Waals surface area contributed by atoms with Crippen LogP contribution in [0.15, 0.2) is 66.8 Å². The number of aliphatic hydroxyl groups excluding tert-OH is 1. The Hall–Kier alpha value is -4.14. The number of nitrogens with zero attached hydrogens (tertiary/aromatic N) is 3. The number of aryl methyl sites for hydroxylation is 1. The zero-order valence-corrected chi connectivity index (χ0v) is 18.2. The summed E-state index contributed by atoms with van der Waals surface area (Å²) in [6.07, 6.45) is 5.71. The topological polar surface area (TPSA) is 93.9 Å². The second-order valence-corrected chi connectivity index (χ2v) is 8.06. The molecule has 0 bridgehead atoms. The van der Waals surface area contributed by atoms with Crippen LogP contribution in [0.1, 0.15) is 23.6 Å². The minimum absolute atomic E-state index is 0.0454. The number of rotatable bonds is 6. The van der Waals surface area contributed by atoms with Gasteiger partial charge in [-0.05, 0) is 42.3 Å². The van der Waals surface area contributed by atoms with E-state index in [1.165, 1.54) is 29.2 Å².